The number of rotatable bonds is 5. The zero-order valence-electron chi connectivity index (χ0n) is 10.0. The molecule has 0 saturated carbocycles. The van der Waals surface area contributed by atoms with Gasteiger partial charge in [-0.15, -0.1) is 11.3 Å². The van der Waals surface area contributed by atoms with Crippen LogP contribution in [0.1, 0.15) is 29.3 Å². The van der Waals surface area contributed by atoms with Crippen LogP contribution in [0.4, 0.5) is 5.13 Å². The Morgan fingerprint density at radius 1 is 1.56 bits per heavy atom. The number of nitrogens with one attached hydrogen (secondary N) is 2. The number of carboxylic acids is 1. The number of aromatic nitrogens is 1. The topological polar surface area (TPSA) is 91.3 Å². The molecule has 1 heterocycles. The molecule has 0 fully saturated rings. The first kappa shape index (κ1) is 12.8. The minimum Gasteiger partial charge on any atom is -0.481 e. The molecule has 0 bridgehead atoms. The molecule has 1 aliphatic carbocycles. The molecule has 0 radical (unpaired) electrons. The first-order chi connectivity index (χ1) is 8.61. The Bertz CT molecular complexity index is 472. The molecule has 1 unspecified atom stereocenters. The second-order valence-corrected chi connectivity index (χ2v) is 5.19. The minimum absolute atomic E-state index is 0.0324. The Labute approximate surface area is 108 Å². The van der Waals surface area contributed by atoms with Gasteiger partial charge in [0.2, 0.25) is 5.91 Å². The van der Waals surface area contributed by atoms with E-state index in [2.05, 4.69) is 15.6 Å². The number of carboxylic acid groups (broad SMARTS) is 1. The lowest BCUT2D eigenvalue weighted by Crippen LogP contribution is -2.20. The smallest absolute Gasteiger partial charge is 0.312 e. The predicted molar refractivity (Wildman–Crippen MR) is 68.0 cm³/mol. The van der Waals surface area contributed by atoms with Crippen LogP contribution in [-0.2, 0) is 16.0 Å². The first-order valence-electron chi connectivity index (χ1n) is 5.78. The quantitative estimate of drug-likeness (QED) is 0.735. The summed E-state index contributed by atoms with van der Waals surface area (Å²) >= 11 is 1.49. The van der Waals surface area contributed by atoms with Crippen LogP contribution in [0.3, 0.4) is 0 Å². The predicted octanol–water partition coefficient (Wildman–Crippen LogP) is 0.805. The molecular formula is C11H15N3O3S. The number of hydrogen-bond acceptors (Lipinski definition) is 5. The summed E-state index contributed by atoms with van der Waals surface area (Å²) in [5, 5.41) is 15.3. The Hall–Kier alpha value is -1.63. The molecule has 0 saturated heterocycles. The fourth-order valence-electron chi connectivity index (χ4n) is 1.95. The number of carbonyl (C=O) groups excluding carboxylic acids is 1. The molecule has 3 N–H and O–H groups in total. The lowest BCUT2D eigenvalue weighted by atomic mass is 10.1. The monoisotopic (exact) mass is 269 g/mol. The Morgan fingerprint density at radius 3 is 3.00 bits per heavy atom. The number of aliphatic carboxylic acids is 1. The van der Waals surface area contributed by atoms with Crippen molar-refractivity contribution in [2.45, 2.75) is 25.2 Å². The average Bonchev–Trinajstić information content (AvgIpc) is 2.87. The standard InChI is InChI=1S/C11H15N3O3S/c1-12-8(15)4-5-13-11-14-9-6(10(16)17)2-3-7(9)18-11/h6H,2-5H2,1H3,(H,12,15)(H,13,14)(H,16,17). The minimum atomic E-state index is -0.809. The Kier molecular flexibility index (Phi) is 3.81. The lowest BCUT2D eigenvalue weighted by molar-refractivity contribution is -0.138. The third-order valence-electron chi connectivity index (χ3n) is 2.92. The molecule has 1 aromatic rings. The molecule has 1 amide bonds. The van der Waals surface area contributed by atoms with Gasteiger partial charge < -0.3 is 15.7 Å². The van der Waals surface area contributed by atoms with Crippen molar-refractivity contribution in [1.82, 2.24) is 10.3 Å². The summed E-state index contributed by atoms with van der Waals surface area (Å²) in [6.07, 6.45) is 1.80. The Balaban J connectivity index is 1.95. The van der Waals surface area contributed by atoms with Crippen LogP contribution in [0.5, 0.6) is 0 Å². The van der Waals surface area contributed by atoms with Gasteiger partial charge in [0, 0.05) is 24.9 Å². The van der Waals surface area contributed by atoms with Gasteiger partial charge in [-0.2, -0.15) is 0 Å². The van der Waals surface area contributed by atoms with Crippen LogP contribution in [-0.4, -0.2) is 35.6 Å². The number of amides is 1. The highest BCUT2D eigenvalue weighted by Gasteiger charge is 2.32. The normalized spacial score (nSPS) is 17.3. The maximum Gasteiger partial charge on any atom is 0.312 e. The molecule has 0 aliphatic heterocycles. The van der Waals surface area contributed by atoms with Gasteiger partial charge in [0.15, 0.2) is 5.13 Å². The molecule has 6 nitrogen and oxygen atoms in total. The molecule has 18 heavy (non-hydrogen) atoms. The van der Waals surface area contributed by atoms with Crippen molar-refractivity contribution < 1.29 is 14.7 Å². The van der Waals surface area contributed by atoms with Gasteiger partial charge in [-0.1, -0.05) is 0 Å². The van der Waals surface area contributed by atoms with E-state index >= 15 is 0 Å². The summed E-state index contributed by atoms with van der Waals surface area (Å²) < 4.78 is 0. The molecule has 98 valence electrons. The second kappa shape index (κ2) is 5.34. The van der Waals surface area contributed by atoms with Crippen molar-refractivity contribution in [3.8, 4) is 0 Å². The van der Waals surface area contributed by atoms with Crippen LogP contribution >= 0.6 is 11.3 Å². The van der Waals surface area contributed by atoms with Crippen molar-refractivity contribution in [2.75, 3.05) is 18.9 Å². The number of fused-ring (bicyclic) bond motifs is 1. The van der Waals surface area contributed by atoms with Crippen LogP contribution in [0, 0.1) is 0 Å². The van der Waals surface area contributed by atoms with Crippen molar-refractivity contribution in [3.63, 3.8) is 0 Å². The van der Waals surface area contributed by atoms with Crippen LogP contribution < -0.4 is 10.6 Å². The van der Waals surface area contributed by atoms with E-state index in [0.29, 0.717) is 30.2 Å². The van der Waals surface area contributed by atoms with Crippen LogP contribution in [0.2, 0.25) is 0 Å². The highest BCUT2D eigenvalue weighted by atomic mass is 32.1. The van der Waals surface area contributed by atoms with Crippen LogP contribution in [0.25, 0.3) is 0 Å². The van der Waals surface area contributed by atoms with Crippen molar-refractivity contribution in [2.24, 2.45) is 0 Å². The van der Waals surface area contributed by atoms with Gasteiger partial charge in [-0.25, -0.2) is 4.98 Å². The van der Waals surface area contributed by atoms with Gasteiger partial charge in [0.1, 0.15) is 5.92 Å². The zero-order valence-corrected chi connectivity index (χ0v) is 10.8. The fraction of sp³-hybridized carbons (Fsp3) is 0.545. The SMILES string of the molecule is CNC(=O)CCNc1nc2c(s1)CCC2C(=O)O. The second-order valence-electron chi connectivity index (χ2n) is 4.11. The zero-order chi connectivity index (χ0) is 13.1. The van der Waals surface area contributed by atoms with E-state index in [1.807, 2.05) is 0 Å². The molecular weight excluding hydrogens is 254 g/mol. The van der Waals surface area contributed by atoms with E-state index in [0.717, 1.165) is 11.3 Å². The number of aryl methyl sites for hydroxylation is 1. The van der Waals surface area contributed by atoms with E-state index in [1.54, 1.807) is 7.05 Å². The maximum atomic E-state index is 11.0. The summed E-state index contributed by atoms with van der Waals surface area (Å²) in [5.74, 6) is -1.31. The summed E-state index contributed by atoms with van der Waals surface area (Å²) in [4.78, 5) is 27.4. The molecule has 0 spiro atoms. The highest BCUT2D eigenvalue weighted by Crippen LogP contribution is 2.38. The number of nitrogens with zero attached hydrogens (tertiary/aromatic N) is 1. The van der Waals surface area contributed by atoms with Gasteiger partial charge in [-0.3, -0.25) is 9.59 Å². The largest absolute Gasteiger partial charge is 0.481 e. The van der Waals surface area contributed by atoms with Crippen molar-refractivity contribution in [3.05, 3.63) is 10.6 Å². The van der Waals surface area contributed by atoms with Crippen molar-refractivity contribution >= 4 is 28.3 Å². The van der Waals surface area contributed by atoms with E-state index in [-0.39, 0.29) is 5.91 Å². The first-order valence-corrected chi connectivity index (χ1v) is 6.60. The van der Waals surface area contributed by atoms with Gasteiger partial charge in [0.25, 0.3) is 0 Å². The third-order valence-corrected chi connectivity index (χ3v) is 4.01. The molecule has 1 aromatic heterocycles. The number of carbonyl (C=O) groups is 2. The fourth-order valence-corrected chi connectivity index (χ4v) is 3.02. The van der Waals surface area contributed by atoms with E-state index in [9.17, 15) is 9.59 Å². The van der Waals surface area contributed by atoms with Gasteiger partial charge >= 0.3 is 5.97 Å². The molecule has 0 aromatic carbocycles. The molecule has 7 heteroatoms. The average molecular weight is 269 g/mol. The maximum absolute atomic E-state index is 11.0. The van der Waals surface area contributed by atoms with E-state index in [1.165, 1.54) is 11.3 Å². The number of thiazole rings is 1. The van der Waals surface area contributed by atoms with Gasteiger partial charge in [-0.05, 0) is 12.8 Å². The number of anilines is 1. The molecule has 1 atom stereocenters. The Morgan fingerprint density at radius 2 is 2.33 bits per heavy atom. The molecule has 1 aliphatic rings. The van der Waals surface area contributed by atoms with E-state index in [4.69, 9.17) is 5.11 Å². The summed E-state index contributed by atoms with van der Waals surface area (Å²) in [6, 6.07) is 0. The van der Waals surface area contributed by atoms with Gasteiger partial charge in [0.05, 0.1) is 5.69 Å². The third kappa shape index (κ3) is 2.61. The lowest BCUT2D eigenvalue weighted by Gasteiger charge is -2.03. The summed E-state index contributed by atoms with van der Waals surface area (Å²) in [7, 11) is 1.59. The summed E-state index contributed by atoms with van der Waals surface area (Å²) in [6.45, 7) is 0.504. The van der Waals surface area contributed by atoms with E-state index < -0.39 is 11.9 Å². The number of hydrogen-bond donors (Lipinski definition) is 3. The molecule has 2 rings (SSSR count). The van der Waals surface area contributed by atoms with Crippen molar-refractivity contribution in [1.29, 1.82) is 0 Å². The van der Waals surface area contributed by atoms with Crippen LogP contribution in [0.15, 0.2) is 0 Å². The highest BCUT2D eigenvalue weighted by molar-refractivity contribution is 7.15. The summed E-state index contributed by atoms with van der Waals surface area (Å²) in [5.41, 5.74) is 0.690.